The molecule has 3 amide bonds. The highest BCUT2D eigenvalue weighted by molar-refractivity contribution is 6.23. The number of amides is 3. The summed E-state index contributed by atoms with van der Waals surface area (Å²) in [5.41, 5.74) is 1.07. The number of rotatable bonds is 5. The largest absolute Gasteiger partial charge is 0.455 e. The molecule has 0 bridgehead atoms. The third kappa shape index (κ3) is 3.48. The normalized spacial score (nSPS) is 13.8. The van der Waals surface area contributed by atoms with Gasteiger partial charge in [0.25, 0.3) is 11.8 Å². The summed E-state index contributed by atoms with van der Waals surface area (Å²) in [7, 11) is 0. The zero-order valence-electron chi connectivity index (χ0n) is 15.7. The number of hydrogen-bond donors (Lipinski definition) is 1. The van der Waals surface area contributed by atoms with Crippen molar-refractivity contribution in [3.8, 4) is 11.5 Å². The Balaban J connectivity index is 1.53. The molecule has 3 aromatic rings. The highest BCUT2D eigenvalue weighted by Crippen LogP contribution is 2.30. The first-order valence-electron chi connectivity index (χ1n) is 9.16. The van der Waals surface area contributed by atoms with Crippen LogP contribution < -0.4 is 10.1 Å². The number of benzene rings is 3. The van der Waals surface area contributed by atoms with Crippen LogP contribution in [0.1, 0.15) is 27.6 Å². The van der Waals surface area contributed by atoms with Crippen molar-refractivity contribution >= 4 is 23.4 Å². The van der Waals surface area contributed by atoms with Gasteiger partial charge in [-0.25, -0.2) is 0 Å². The highest BCUT2D eigenvalue weighted by atomic mass is 16.5. The molecule has 6 heteroatoms. The van der Waals surface area contributed by atoms with E-state index in [1.54, 1.807) is 60.7 Å². The first kappa shape index (κ1) is 18.4. The Kier molecular flexibility index (Phi) is 4.83. The smallest absolute Gasteiger partial charge is 0.262 e. The zero-order valence-corrected chi connectivity index (χ0v) is 15.7. The molecule has 1 aliphatic rings. The lowest BCUT2D eigenvalue weighted by Crippen LogP contribution is -2.45. The van der Waals surface area contributed by atoms with Crippen LogP contribution in [0.25, 0.3) is 0 Å². The maximum absolute atomic E-state index is 12.8. The summed E-state index contributed by atoms with van der Waals surface area (Å²) in [6, 6.07) is 21.7. The molecule has 0 aromatic heterocycles. The summed E-state index contributed by atoms with van der Waals surface area (Å²) in [5.74, 6) is -0.336. The number of fused-ring (bicyclic) bond motifs is 1. The summed E-state index contributed by atoms with van der Waals surface area (Å²) in [5, 5.41) is 2.77. The summed E-state index contributed by atoms with van der Waals surface area (Å²) >= 11 is 0. The lowest BCUT2D eigenvalue weighted by Gasteiger charge is -2.22. The summed E-state index contributed by atoms with van der Waals surface area (Å²) in [6.45, 7) is 1.53. The van der Waals surface area contributed by atoms with Crippen molar-refractivity contribution in [2.24, 2.45) is 0 Å². The number of para-hydroxylation sites is 3. The third-order valence-corrected chi connectivity index (χ3v) is 4.71. The van der Waals surface area contributed by atoms with Crippen LogP contribution in [0.4, 0.5) is 5.69 Å². The number of nitrogens with one attached hydrogen (secondary N) is 1. The van der Waals surface area contributed by atoms with E-state index in [0.29, 0.717) is 28.3 Å². The van der Waals surface area contributed by atoms with Crippen LogP contribution in [-0.4, -0.2) is 28.7 Å². The first-order valence-corrected chi connectivity index (χ1v) is 9.16. The molecule has 0 spiro atoms. The van der Waals surface area contributed by atoms with E-state index in [0.717, 1.165) is 4.90 Å². The van der Waals surface area contributed by atoms with Gasteiger partial charge in [0.05, 0.1) is 16.8 Å². The molecule has 1 N–H and O–H groups in total. The maximum Gasteiger partial charge on any atom is 0.262 e. The molecule has 1 heterocycles. The van der Waals surface area contributed by atoms with Crippen molar-refractivity contribution in [3.63, 3.8) is 0 Å². The second-order valence-electron chi connectivity index (χ2n) is 6.60. The van der Waals surface area contributed by atoms with Crippen LogP contribution in [0.5, 0.6) is 11.5 Å². The van der Waals surface area contributed by atoms with Crippen LogP contribution >= 0.6 is 0 Å². The topological polar surface area (TPSA) is 75.7 Å². The summed E-state index contributed by atoms with van der Waals surface area (Å²) in [6.07, 6.45) is 0. The minimum Gasteiger partial charge on any atom is -0.455 e. The number of nitrogens with zero attached hydrogens (tertiary/aromatic N) is 1. The van der Waals surface area contributed by atoms with E-state index in [1.165, 1.54) is 6.92 Å². The third-order valence-electron chi connectivity index (χ3n) is 4.71. The van der Waals surface area contributed by atoms with Gasteiger partial charge < -0.3 is 10.1 Å². The average molecular weight is 386 g/mol. The number of anilines is 1. The minimum absolute atomic E-state index is 0.310. The summed E-state index contributed by atoms with van der Waals surface area (Å²) in [4.78, 5) is 39.0. The monoisotopic (exact) mass is 386 g/mol. The highest BCUT2D eigenvalue weighted by Gasteiger charge is 2.40. The minimum atomic E-state index is -0.979. The Morgan fingerprint density at radius 3 is 2.03 bits per heavy atom. The predicted molar refractivity (Wildman–Crippen MR) is 108 cm³/mol. The molecule has 0 aliphatic carbocycles. The number of hydrogen-bond acceptors (Lipinski definition) is 4. The molecule has 29 heavy (non-hydrogen) atoms. The van der Waals surface area contributed by atoms with Gasteiger partial charge in [0.15, 0.2) is 5.75 Å². The molecule has 144 valence electrons. The van der Waals surface area contributed by atoms with E-state index < -0.39 is 23.8 Å². The van der Waals surface area contributed by atoms with Crippen molar-refractivity contribution in [1.29, 1.82) is 0 Å². The molecule has 3 aromatic carbocycles. The van der Waals surface area contributed by atoms with Gasteiger partial charge in [-0.2, -0.15) is 0 Å². The predicted octanol–water partition coefficient (Wildman–Crippen LogP) is 4.10. The van der Waals surface area contributed by atoms with Gasteiger partial charge in [0.1, 0.15) is 11.8 Å². The Labute approximate surface area is 167 Å². The lowest BCUT2D eigenvalue weighted by atomic mass is 10.1. The van der Waals surface area contributed by atoms with E-state index in [2.05, 4.69) is 5.32 Å². The SMILES string of the molecule is C[C@@H](C(=O)Nc1ccccc1Oc1ccccc1)N1C(=O)c2ccccc2C1=O. The molecule has 1 atom stereocenters. The van der Waals surface area contributed by atoms with Crippen molar-refractivity contribution in [2.75, 3.05) is 5.32 Å². The Bertz CT molecular complexity index is 1060. The average Bonchev–Trinajstić information content (AvgIpc) is 3.00. The molecule has 0 fully saturated rings. The standard InChI is InChI=1S/C23H18N2O4/c1-15(25-22(27)17-11-5-6-12-18(17)23(25)28)21(26)24-19-13-7-8-14-20(19)29-16-9-3-2-4-10-16/h2-15H,1H3,(H,24,26)/t15-/m0/s1. The first-order chi connectivity index (χ1) is 14.1. The number of imide groups is 1. The molecule has 0 radical (unpaired) electrons. The van der Waals surface area contributed by atoms with E-state index in [9.17, 15) is 14.4 Å². The Morgan fingerprint density at radius 1 is 0.828 bits per heavy atom. The number of carbonyl (C=O) groups is 3. The van der Waals surface area contributed by atoms with E-state index in [-0.39, 0.29) is 0 Å². The molecule has 4 rings (SSSR count). The fourth-order valence-electron chi connectivity index (χ4n) is 3.19. The molecular weight excluding hydrogens is 368 g/mol. The summed E-state index contributed by atoms with van der Waals surface area (Å²) < 4.78 is 5.85. The number of carbonyl (C=O) groups excluding carboxylic acids is 3. The zero-order chi connectivity index (χ0) is 20.4. The van der Waals surface area contributed by atoms with E-state index >= 15 is 0 Å². The second-order valence-corrected chi connectivity index (χ2v) is 6.60. The quantitative estimate of drug-likeness (QED) is 0.670. The fraction of sp³-hybridized carbons (Fsp3) is 0.0870. The molecule has 1 aliphatic heterocycles. The molecule has 6 nitrogen and oxygen atoms in total. The molecule has 0 saturated heterocycles. The molecule has 0 unspecified atom stereocenters. The van der Waals surface area contributed by atoms with Crippen molar-refractivity contribution in [3.05, 3.63) is 90.0 Å². The number of ether oxygens (including phenoxy) is 1. The van der Waals surface area contributed by atoms with Gasteiger partial charge in [-0.1, -0.05) is 42.5 Å². The van der Waals surface area contributed by atoms with Gasteiger partial charge in [0.2, 0.25) is 5.91 Å². The van der Waals surface area contributed by atoms with E-state index in [4.69, 9.17) is 4.74 Å². The fourth-order valence-corrected chi connectivity index (χ4v) is 3.19. The van der Waals surface area contributed by atoms with Gasteiger partial charge in [-0.05, 0) is 43.3 Å². The van der Waals surface area contributed by atoms with Gasteiger partial charge in [-0.3, -0.25) is 19.3 Å². The molecular formula is C23H18N2O4. The van der Waals surface area contributed by atoms with Crippen LogP contribution in [-0.2, 0) is 4.79 Å². The van der Waals surface area contributed by atoms with Crippen LogP contribution in [0.15, 0.2) is 78.9 Å². The van der Waals surface area contributed by atoms with Crippen LogP contribution in [0.3, 0.4) is 0 Å². The van der Waals surface area contributed by atoms with Gasteiger partial charge in [0, 0.05) is 0 Å². The van der Waals surface area contributed by atoms with E-state index in [1.807, 2.05) is 18.2 Å². The van der Waals surface area contributed by atoms with Crippen LogP contribution in [0, 0.1) is 0 Å². The Hall–Kier alpha value is -3.93. The maximum atomic E-state index is 12.8. The van der Waals surface area contributed by atoms with Crippen molar-refractivity contribution in [2.45, 2.75) is 13.0 Å². The molecule has 0 saturated carbocycles. The second kappa shape index (κ2) is 7.59. The lowest BCUT2D eigenvalue weighted by molar-refractivity contribution is -0.119. The van der Waals surface area contributed by atoms with Crippen LogP contribution in [0.2, 0.25) is 0 Å². The van der Waals surface area contributed by atoms with Crippen molar-refractivity contribution in [1.82, 2.24) is 4.90 Å². The van der Waals surface area contributed by atoms with Crippen molar-refractivity contribution < 1.29 is 19.1 Å². The Morgan fingerprint density at radius 2 is 1.38 bits per heavy atom. The van der Waals surface area contributed by atoms with Gasteiger partial charge in [-0.15, -0.1) is 0 Å². The van der Waals surface area contributed by atoms with Gasteiger partial charge >= 0.3 is 0 Å².